The van der Waals surface area contributed by atoms with Crippen LogP contribution in [0.3, 0.4) is 0 Å². The molecule has 3 rings (SSSR count). The number of anilines is 1. The van der Waals surface area contributed by atoms with Crippen molar-refractivity contribution in [2.45, 2.75) is 18.9 Å². The van der Waals surface area contributed by atoms with Crippen LogP contribution in [-0.4, -0.2) is 12.5 Å². The Morgan fingerprint density at radius 3 is 2.95 bits per heavy atom. The summed E-state index contributed by atoms with van der Waals surface area (Å²) >= 11 is 5.91. The fraction of sp³-hybridized carbons (Fsp3) is 0.235. The van der Waals surface area contributed by atoms with Crippen molar-refractivity contribution in [3.63, 3.8) is 0 Å². The van der Waals surface area contributed by atoms with Crippen molar-refractivity contribution in [3.05, 3.63) is 64.7 Å². The van der Waals surface area contributed by atoms with Crippen molar-refractivity contribution in [2.24, 2.45) is 0 Å². The number of carbonyl (C=O) groups is 1. The Hall–Kier alpha value is -2.00. The first-order valence-corrected chi connectivity index (χ1v) is 7.33. The second-order valence-corrected chi connectivity index (χ2v) is 5.60. The van der Waals surface area contributed by atoms with E-state index in [1.165, 1.54) is 5.56 Å². The number of ether oxygens (including phenoxy) is 1. The number of halogens is 1. The SMILES string of the molecule is O=C(CC1CNc2ccccc21)OCc1cccc(Cl)c1. The Labute approximate surface area is 128 Å². The van der Waals surface area contributed by atoms with Crippen LogP contribution in [0.5, 0.6) is 0 Å². The van der Waals surface area contributed by atoms with Crippen LogP contribution in [0.2, 0.25) is 5.02 Å². The standard InChI is InChI=1S/C17H16ClNO2/c18-14-5-3-4-12(8-14)11-21-17(20)9-13-10-19-16-7-2-1-6-15(13)16/h1-8,13,19H,9-11H2. The Bertz CT molecular complexity index is 657. The largest absolute Gasteiger partial charge is 0.461 e. The molecule has 1 aliphatic heterocycles. The van der Waals surface area contributed by atoms with Crippen LogP contribution in [0.1, 0.15) is 23.5 Å². The first kappa shape index (κ1) is 14.0. The molecule has 1 aliphatic rings. The summed E-state index contributed by atoms with van der Waals surface area (Å²) in [6.07, 6.45) is 0.393. The van der Waals surface area contributed by atoms with Gasteiger partial charge in [-0.15, -0.1) is 0 Å². The summed E-state index contributed by atoms with van der Waals surface area (Å²) in [6, 6.07) is 15.4. The summed E-state index contributed by atoms with van der Waals surface area (Å²) in [5.74, 6) is 0.00606. The zero-order chi connectivity index (χ0) is 14.7. The normalized spacial score (nSPS) is 16.1. The topological polar surface area (TPSA) is 38.3 Å². The molecule has 1 N–H and O–H groups in total. The number of para-hydroxylation sites is 1. The molecule has 0 saturated carbocycles. The van der Waals surface area contributed by atoms with E-state index in [9.17, 15) is 4.79 Å². The highest BCUT2D eigenvalue weighted by atomic mass is 35.5. The lowest BCUT2D eigenvalue weighted by molar-refractivity contribution is -0.145. The summed E-state index contributed by atoms with van der Waals surface area (Å²) in [4.78, 5) is 12.0. The van der Waals surface area contributed by atoms with E-state index in [1.807, 2.05) is 30.3 Å². The fourth-order valence-electron chi connectivity index (χ4n) is 2.59. The Morgan fingerprint density at radius 2 is 2.10 bits per heavy atom. The molecule has 0 aliphatic carbocycles. The van der Waals surface area contributed by atoms with E-state index in [1.54, 1.807) is 12.1 Å². The molecule has 0 spiro atoms. The summed E-state index contributed by atoms with van der Waals surface area (Å²) in [5, 5.41) is 3.96. The van der Waals surface area contributed by atoms with Crippen LogP contribution >= 0.6 is 11.6 Å². The van der Waals surface area contributed by atoms with Crippen LogP contribution in [0.25, 0.3) is 0 Å². The highest BCUT2D eigenvalue weighted by Crippen LogP contribution is 2.33. The molecule has 0 bridgehead atoms. The average Bonchev–Trinajstić information content (AvgIpc) is 2.89. The van der Waals surface area contributed by atoms with Gasteiger partial charge < -0.3 is 10.1 Å². The van der Waals surface area contributed by atoms with E-state index in [0.717, 1.165) is 17.8 Å². The number of rotatable bonds is 4. The molecule has 0 fully saturated rings. The highest BCUT2D eigenvalue weighted by Gasteiger charge is 2.24. The maximum Gasteiger partial charge on any atom is 0.306 e. The smallest absolute Gasteiger partial charge is 0.306 e. The minimum absolute atomic E-state index is 0.182. The predicted octanol–water partition coefficient (Wildman–Crippen LogP) is 3.98. The Kier molecular flexibility index (Phi) is 4.11. The molecular weight excluding hydrogens is 286 g/mol. The van der Waals surface area contributed by atoms with E-state index >= 15 is 0 Å². The Balaban J connectivity index is 1.56. The van der Waals surface area contributed by atoms with Crippen molar-refractivity contribution in [1.29, 1.82) is 0 Å². The van der Waals surface area contributed by atoms with Crippen molar-refractivity contribution in [2.75, 3.05) is 11.9 Å². The molecule has 2 aromatic carbocycles. The van der Waals surface area contributed by atoms with Crippen LogP contribution in [-0.2, 0) is 16.1 Å². The van der Waals surface area contributed by atoms with Crippen LogP contribution in [0.4, 0.5) is 5.69 Å². The predicted molar refractivity (Wildman–Crippen MR) is 83.5 cm³/mol. The number of benzene rings is 2. The van der Waals surface area contributed by atoms with Gasteiger partial charge in [-0.25, -0.2) is 0 Å². The maximum atomic E-state index is 12.0. The van der Waals surface area contributed by atoms with Gasteiger partial charge in [-0.1, -0.05) is 41.9 Å². The number of carbonyl (C=O) groups excluding carboxylic acids is 1. The van der Waals surface area contributed by atoms with Crippen LogP contribution in [0, 0.1) is 0 Å². The third kappa shape index (κ3) is 3.37. The molecule has 2 aromatic rings. The van der Waals surface area contributed by atoms with Gasteiger partial charge >= 0.3 is 5.97 Å². The molecule has 0 saturated heterocycles. The molecule has 0 aromatic heterocycles. The van der Waals surface area contributed by atoms with Crippen molar-refractivity contribution in [3.8, 4) is 0 Å². The van der Waals surface area contributed by atoms with Crippen molar-refractivity contribution < 1.29 is 9.53 Å². The zero-order valence-electron chi connectivity index (χ0n) is 11.5. The van der Waals surface area contributed by atoms with E-state index in [-0.39, 0.29) is 18.5 Å². The first-order valence-electron chi connectivity index (χ1n) is 6.95. The zero-order valence-corrected chi connectivity index (χ0v) is 12.3. The third-order valence-electron chi connectivity index (χ3n) is 3.64. The molecule has 108 valence electrons. The van der Waals surface area contributed by atoms with Gasteiger partial charge in [0.2, 0.25) is 0 Å². The third-order valence-corrected chi connectivity index (χ3v) is 3.88. The molecule has 0 radical (unpaired) electrons. The van der Waals surface area contributed by atoms with E-state index < -0.39 is 0 Å². The molecule has 0 amide bonds. The maximum absolute atomic E-state index is 12.0. The van der Waals surface area contributed by atoms with Crippen LogP contribution in [0.15, 0.2) is 48.5 Å². The first-order chi connectivity index (χ1) is 10.2. The Morgan fingerprint density at radius 1 is 1.24 bits per heavy atom. The molecule has 4 heteroatoms. The second-order valence-electron chi connectivity index (χ2n) is 5.16. The molecule has 1 heterocycles. The molecule has 21 heavy (non-hydrogen) atoms. The van der Waals surface area contributed by atoms with E-state index in [4.69, 9.17) is 16.3 Å². The molecule has 3 nitrogen and oxygen atoms in total. The van der Waals surface area contributed by atoms with Gasteiger partial charge in [0.25, 0.3) is 0 Å². The van der Waals surface area contributed by atoms with Gasteiger partial charge in [-0.2, -0.15) is 0 Å². The monoisotopic (exact) mass is 301 g/mol. The quantitative estimate of drug-likeness (QED) is 0.868. The number of esters is 1. The second kappa shape index (κ2) is 6.19. The van der Waals surface area contributed by atoms with Crippen molar-refractivity contribution in [1.82, 2.24) is 0 Å². The lowest BCUT2D eigenvalue weighted by Crippen LogP contribution is -2.12. The summed E-state index contributed by atoms with van der Waals surface area (Å²) in [6.45, 7) is 1.05. The lowest BCUT2D eigenvalue weighted by Gasteiger charge is -2.10. The number of hydrogen-bond donors (Lipinski definition) is 1. The average molecular weight is 302 g/mol. The minimum Gasteiger partial charge on any atom is -0.461 e. The number of nitrogens with one attached hydrogen (secondary N) is 1. The highest BCUT2D eigenvalue weighted by molar-refractivity contribution is 6.30. The van der Waals surface area contributed by atoms with Crippen molar-refractivity contribution >= 4 is 23.3 Å². The molecule has 1 atom stereocenters. The molecular formula is C17H16ClNO2. The van der Waals surface area contributed by atoms with Gasteiger partial charge in [0.1, 0.15) is 6.61 Å². The lowest BCUT2D eigenvalue weighted by atomic mass is 9.98. The summed E-state index contributed by atoms with van der Waals surface area (Å²) in [5.41, 5.74) is 3.21. The summed E-state index contributed by atoms with van der Waals surface area (Å²) in [7, 11) is 0. The van der Waals surface area contributed by atoms with Gasteiger partial charge in [-0.05, 0) is 29.3 Å². The van der Waals surface area contributed by atoms with E-state index in [2.05, 4.69) is 11.4 Å². The van der Waals surface area contributed by atoms with Gasteiger partial charge in [0.15, 0.2) is 0 Å². The molecule has 1 unspecified atom stereocenters. The summed E-state index contributed by atoms with van der Waals surface area (Å²) < 4.78 is 5.33. The van der Waals surface area contributed by atoms with Gasteiger partial charge in [-0.3, -0.25) is 4.79 Å². The number of hydrogen-bond acceptors (Lipinski definition) is 3. The van der Waals surface area contributed by atoms with E-state index in [0.29, 0.717) is 11.4 Å². The fourth-order valence-corrected chi connectivity index (χ4v) is 2.80. The van der Waals surface area contributed by atoms with Gasteiger partial charge in [0, 0.05) is 23.2 Å². The minimum atomic E-state index is -0.182. The van der Waals surface area contributed by atoms with Crippen LogP contribution < -0.4 is 5.32 Å². The number of fused-ring (bicyclic) bond motifs is 1. The van der Waals surface area contributed by atoms with Gasteiger partial charge in [0.05, 0.1) is 6.42 Å².